The topological polar surface area (TPSA) is 84.6 Å². The third-order valence-electron chi connectivity index (χ3n) is 6.73. The van der Waals surface area contributed by atoms with Crippen molar-refractivity contribution < 1.29 is 23.7 Å². The fourth-order valence-electron chi connectivity index (χ4n) is 4.61. The van der Waals surface area contributed by atoms with Gasteiger partial charge in [-0.05, 0) is 67.6 Å². The Morgan fingerprint density at radius 3 is 2.05 bits per heavy atom. The summed E-state index contributed by atoms with van der Waals surface area (Å²) in [4.78, 5) is 17.9. The molecule has 8 nitrogen and oxygen atoms in total. The Kier molecular flexibility index (Phi) is 6.92. The highest BCUT2D eigenvalue weighted by Crippen LogP contribution is 2.32. The number of methoxy groups -OCH3 is 2. The van der Waals surface area contributed by atoms with E-state index in [4.69, 9.17) is 18.6 Å². The molecule has 2 heterocycles. The number of phenolic OH excluding ortho intramolecular Hbond substituents is 1. The second-order valence-corrected chi connectivity index (χ2v) is 9.00. The molecule has 1 fully saturated rings. The van der Waals surface area contributed by atoms with Crippen LogP contribution in [0.4, 0.5) is 5.69 Å². The zero-order chi connectivity index (χ0) is 25.9. The summed E-state index contributed by atoms with van der Waals surface area (Å²) in [5, 5.41) is 11.1. The van der Waals surface area contributed by atoms with Gasteiger partial charge < -0.3 is 28.6 Å². The van der Waals surface area contributed by atoms with Crippen molar-refractivity contribution in [1.82, 2.24) is 4.90 Å². The quantitative estimate of drug-likeness (QED) is 0.381. The Morgan fingerprint density at radius 1 is 0.838 bits per heavy atom. The lowest BCUT2D eigenvalue weighted by molar-refractivity contribution is 0.246. The summed E-state index contributed by atoms with van der Waals surface area (Å²) in [6, 6.07) is 18.2. The highest BCUT2D eigenvalue weighted by molar-refractivity contribution is 5.83. The molecule has 1 aliphatic rings. The molecule has 1 aliphatic heterocycles. The Bertz CT molecular complexity index is 1440. The Balaban J connectivity index is 1.35. The molecule has 0 radical (unpaired) electrons. The molecule has 0 bridgehead atoms. The van der Waals surface area contributed by atoms with Gasteiger partial charge in [0.25, 0.3) is 0 Å². The van der Waals surface area contributed by atoms with Gasteiger partial charge in [-0.3, -0.25) is 9.69 Å². The number of aryl methyl sites for hydroxylation is 1. The first-order valence-electron chi connectivity index (χ1n) is 12.2. The monoisotopic (exact) mass is 502 g/mol. The maximum Gasteiger partial charge on any atom is 0.235 e. The Labute approximate surface area is 215 Å². The van der Waals surface area contributed by atoms with Gasteiger partial charge in [0.2, 0.25) is 11.2 Å². The van der Waals surface area contributed by atoms with Gasteiger partial charge >= 0.3 is 0 Å². The second kappa shape index (κ2) is 10.4. The SMILES string of the molecule is COc1ccc(Oc2c(C)oc3c(CN4CCN(c5ccc(OC)cc5)CC4)c(O)ccc3c2=O)cc1. The maximum atomic E-state index is 13.4. The van der Waals surface area contributed by atoms with Crippen LogP contribution in [0, 0.1) is 6.92 Å². The summed E-state index contributed by atoms with van der Waals surface area (Å²) in [5.74, 6) is 2.62. The van der Waals surface area contributed by atoms with Gasteiger partial charge in [-0.15, -0.1) is 0 Å². The van der Waals surface area contributed by atoms with Gasteiger partial charge in [0.15, 0.2) is 0 Å². The van der Waals surface area contributed by atoms with Crippen LogP contribution in [0.3, 0.4) is 0 Å². The van der Waals surface area contributed by atoms with Gasteiger partial charge in [0.05, 0.1) is 25.2 Å². The zero-order valence-electron chi connectivity index (χ0n) is 21.2. The standard InChI is InChI=1S/C29H30N2O6/c1-19-28(37-23-10-8-22(35-3)9-11-23)27(33)24-12-13-26(32)25(29(24)36-19)18-30-14-16-31(17-15-30)20-4-6-21(34-2)7-5-20/h4-13,32H,14-18H2,1-3H3. The number of anilines is 1. The number of phenols is 1. The van der Waals surface area contributed by atoms with Crippen molar-refractivity contribution in [2.24, 2.45) is 0 Å². The smallest absolute Gasteiger partial charge is 0.235 e. The number of hydrogen-bond acceptors (Lipinski definition) is 8. The van der Waals surface area contributed by atoms with Crippen molar-refractivity contribution in [1.29, 1.82) is 0 Å². The molecule has 0 aliphatic carbocycles. The fourth-order valence-corrected chi connectivity index (χ4v) is 4.61. The maximum absolute atomic E-state index is 13.4. The number of piperazine rings is 1. The minimum atomic E-state index is -0.278. The minimum Gasteiger partial charge on any atom is -0.507 e. The molecule has 0 amide bonds. The van der Waals surface area contributed by atoms with Crippen LogP contribution in [-0.2, 0) is 6.54 Å². The molecule has 37 heavy (non-hydrogen) atoms. The normalized spacial score (nSPS) is 14.1. The molecule has 8 heteroatoms. The Morgan fingerprint density at radius 2 is 1.43 bits per heavy atom. The summed E-state index contributed by atoms with van der Waals surface area (Å²) in [6.07, 6.45) is 0. The first kappa shape index (κ1) is 24.5. The molecule has 4 aromatic rings. The largest absolute Gasteiger partial charge is 0.507 e. The number of fused-ring (bicyclic) bond motifs is 1. The number of ether oxygens (including phenoxy) is 3. The second-order valence-electron chi connectivity index (χ2n) is 9.00. The summed E-state index contributed by atoms with van der Waals surface area (Å²) < 4.78 is 22.4. The van der Waals surface area contributed by atoms with E-state index in [1.807, 2.05) is 12.1 Å². The summed E-state index contributed by atoms with van der Waals surface area (Å²) in [6.45, 7) is 5.48. The average molecular weight is 503 g/mol. The van der Waals surface area contributed by atoms with Gasteiger partial charge in [-0.25, -0.2) is 0 Å². The van der Waals surface area contributed by atoms with E-state index in [9.17, 15) is 9.90 Å². The van der Waals surface area contributed by atoms with Gasteiger partial charge in [0.1, 0.15) is 34.3 Å². The van der Waals surface area contributed by atoms with Gasteiger partial charge in [0, 0.05) is 38.4 Å². The van der Waals surface area contributed by atoms with Crippen LogP contribution in [0.2, 0.25) is 0 Å². The summed E-state index contributed by atoms with van der Waals surface area (Å²) in [5.41, 5.74) is 1.87. The van der Waals surface area contributed by atoms with E-state index in [1.165, 1.54) is 0 Å². The molecule has 0 unspecified atom stereocenters. The molecule has 1 saturated heterocycles. The van der Waals surface area contributed by atoms with E-state index in [0.29, 0.717) is 40.3 Å². The summed E-state index contributed by atoms with van der Waals surface area (Å²) >= 11 is 0. The lowest BCUT2D eigenvalue weighted by atomic mass is 10.1. The van der Waals surface area contributed by atoms with Crippen molar-refractivity contribution >= 4 is 16.7 Å². The number of hydrogen-bond donors (Lipinski definition) is 1. The number of rotatable bonds is 7. The average Bonchev–Trinajstić information content (AvgIpc) is 2.93. The first-order chi connectivity index (χ1) is 18.0. The summed E-state index contributed by atoms with van der Waals surface area (Å²) in [7, 11) is 3.25. The molecule has 3 aromatic carbocycles. The van der Waals surface area contributed by atoms with Gasteiger partial charge in [-0.1, -0.05) is 0 Å². The van der Waals surface area contributed by atoms with Crippen molar-refractivity contribution in [2.45, 2.75) is 13.5 Å². The lowest BCUT2D eigenvalue weighted by Gasteiger charge is -2.36. The van der Waals surface area contributed by atoms with Crippen molar-refractivity contribution in [3.05, 3.63) is 82.2 Å². The molecule has 5 rings (SSSR count). The molecule has 192 valence electrons. The highest BCUT2D eigenvalue weighted by atomic mass is 16.5. The predicted molar refractivity (Wildman–Crippen MR) is 142 cm³/mol. The third-order valence-corrected chi connectivity index (χ3v) is 6.73. The van der Waals surface area contributed by atoms with Gasteiger partial charge in [-0.2, -0.15) is 0 Å². The molecular weight excluding hydrogens is 472 g/mol. The van der Waals surface area contributed by atoms with Crippen molar-refractivity contribution in [3.8, 4) is 28.7 Å². The molecule has 1 N–H and O–H groups in total. The number of benzene rings is 3. The molecule has 0 atom stereocenters. The van der Waals surface area contributed by atoms with E-state index in [-0.39, 0.29) is 16.9 Å². The Hall–Kier alpha value is -4.17. The molecular formula is C29H30N2O6. The van der Waals surface area contributed by atoms with Crippen LogP contribution >= 0.6 is 0 Å². The van der Waals surface area contributed by atoms with Crippen LogP contribution < -0.4 is 24.5 Å². The van der Waals surface area contributed by atoms with Crippen LogP contribution in [0.1, 0.15) is 11.3 Å². The van der Waals surface area contributed by atoms with E-state index < -0.39 is 0 Å². The fraction of sp³-hybridized carbons (Fsp3) is 0.276. The third kappa shape index (κ3) is 5.06. The van der Waals surface area contributed by atoms with Crippen LogP contribution in [0.5, 0.6) is 28.7 Å². The molecule has 1 aromatic heterocycles. The van der Waals surface area contributed by atoms with Crippen molar-refractivity contribution in [3.63, 3.8) is 0 Å². The number of aromatic hydroxyl groups is 1. The highest BCUT2D eigenvalue weighted by Gasteiger charge is 2.23. The molecule has 0 spiro atoms. The van der Waals surface area contributed by atoms with E-state index in [1.54, 1.807) is 57.5 Å². The predicted octanol–water partition coefficient (Wildman–Crippen LogP) is 4.94. The number of nitrogens with zero attached hydrogens (tertiary/aromatic N) is 2. The molecule has 0 saturated carbocycles. The van der Waals surface area contributed by atoms with E-state index in [0.717, 1.165) is 37.6 Å². The van der Waals surface area contributed by atoms with E-state index in [2.05, 4.69) is 21.9 Å². The van der Waals surface area contributed by atoms with Crippen LogP contribution in [-0.4, -0.2) is 50.4 Å². The minimum absolute atomic E-state index is 0.108. The van der Waals surface area contributed by atoms with Crippen LogP contribution in [0.15, 0.2) is 69.9 Å². The first-order valence-corrected chi connectivity index (χ1v) is 12.2. The van der Waals surface area contributed by atoms with Crippen molar-refractivity contribution in [2.75, 3.05) is 45.3 Å². The lowest BCUT2D eigenvalue weighted by Crippen LogP contribution is -2.46. The zero-order valence-corrected chi connectivity index (χ0v) is 21.2. The van der Waals surface area contributed by atoms with E-state index >= 15 is 0 Å². The van der Waals surface area contributed by atoms with Crippen LogP contribution in [0.25, 0.3) is 11.0 Å².